The molecule has 0 bridgehead atoms. The third kappa shape index (κ3) is 3.11. The van der Waals surface area contributed by atoms with E-state index in [1.807, 2.05) is 0 Å². The first-order chi connectivity index (χ1) is 8.84. The number of methoxy groups -OCH3 is 1. The summed E-state index contributed by atoms with van der Waals surface area (Å²) in [6.07, 6.45) is 0. The fourth-order valence-corrected chi connectivity index (χ4v) is 1.46. The summed E-state index contributed by atoms with van der Waals surface area (Å²) >= 11 is 0. The van der Waals surface area contributed by atoms with E-state index in [0.717, 1.165) is 6.07 Å². The Morgan fingerprint density at radius 2 is 2.16 bits per heavy atom. The maximum Gasteiger partial charge on any atom is 0.379 e. The van der Waals surface area contributed by atoms with E-state index < -0.39 is 23.7 Å². The van der Waals surface area contributed by atoms with Crippen LogP contribution in [0.4, 0.5) is 8.78 Å². The molecule has 0 heterocycles. The van der Waals surface area contributed by atoms with Crippen molar-refractivity contribution in [2.24, 2.45) is 5.73 Å². The van der Waals surface area contributed by atoms with E-state index >= 15 is 0 Å². The van der Waals surface area contributed by atoms with E-state index in [9.17, 15) is 18.7 Å². The molecular weight excluding hydrogens is 260 g/mol. The molecule has 0 radical (unpaired) electrons. The zero-order valence-electron chi connectivity index (χ0n) is 10.5. The molecule has 5 nitrogen and oxygen atoms in total. The number of hydrogen-bond donors (Lipinski definition) is 2. The van der Waals surface area contributed by atoms with Gasteiger partial charge in [0.1, 0.15) is 17.5 Å². The summed E-state index contributed by atoms with van der Waals surface area (Å²) in [5.74, 6) is -5.84. The van der Waals surface area contributed by atoms with Gasteiger partial charge in [-0.3, -0.25) is 0 Å². The van der Waals surface area contributed by atoms with E-state index in [-0.39, 0.29) is 17.9 Å². The summed E-state index contributed by atoms with van der Waals surface area (Å²) in [7, 11) is 1.36. The molecule has 1 aromatic rings. The molecule has 0 spiro atoms. The molecule has 106 valence electrons. The second-order valence-electron chi connectivity index (χ2n) is 3.75. The van der Waals surface area contributed by atoms with Crippen molar-refractivity contribution in [1.82, 2.24) is 0 Å². The highest BCUT2D eigenvalue weighted by molar-refractivity contribution is 5.79. The van der Waals surface area contributed by atoms with Gasteiger partial charge in [-0.1, -0.05) is 0 Å². The fourth-order valence-electron chi connectivity index (χ4n) is 1.46. The van der Waals surface area contributed by atoms with Crippen molar-refractivity contribution in [2.75, 3.05) is 13.7 Å². The Morgan fingerprint density at radius 1 is 1.53 bits per heavy atom. The number of alkyl halides is 2. The van der Waals surface area contributed by atoms with Gasteiger partial charge >= 0.3 is 11.9 Å². The van der Waals surface area contributed by atoms with Crippen LogP contribution in [0.2, 0.25) is 0 Å². The minimum Gasteiger partial charge on any atom is -0.507 e. The van der Waals surface area contributed by atoms with Crippen LogP contribution in [0.15, 0.2) is 18.2 Å². The monoisotopic (exact) mass is 275 g/mol. The van der Waals surface area contributed by atoms with E-state index in [0.29, 0.717) is 0 Å². The molecular formula is C12H15F2NO4. The van der Waals surface area contributed by atoms with Crippen molar-refractivity contribution in [3.05, 3.63) is 23.8 Å². The molecule has 0 aromatic heterocycles. The predicted molar refractivity (Wildman–Crippen MR) is 63.2 cm³/mol. The van der Waals surface area contributed by atoms with Gasteiger partial charge in [0.2, 0.25) is 0 Å². The maximum absolute atomic E-state index is 13.7. The number of hydrogen-bond acceptors (Lipinski definition) is 5. The van der Waals surface area contributed by atoms with Gasteiger partial charge in [-0.2, -0.15) is 8.78 Å². The first-order valence-electron chi connectivity index (χ1n) is 5.52. The largest absolute Gasteiger partial charge is 0.507 e. The molecule has 0 unspecified atom stereocenters. The number of esters is 1. The lowest BCUT2D eigenvalue weighted by Crippen LogP contribution is -2.41. The van der Waals surface area contributed by atoms with Gasteiger partial charge in [0, 0.05) is 11.6 Å². The zero-order valence-corrected chi connectivity index (χ0v) is 10.5. The molecule has 0 saturated heterocycles. The standard InChI is InChI=1S/C12H15F2NO4/c1-3-19-11(17)12(13,14)10(15)8-5-4-7(18-2)6-9(8)16/h4-6,10,16H,3,15H2,1-2H3/t10-/m1/s1. The number of benzene rings is 1. The van der Waals surface area contributed by atoms with Gasteiger partial charge < -0.3 is 20.3 Å². The number of halogens is 2. The van der Waals surface area contributed by atoms with E-state index in [4.69, 9.17) is 10.5 Å². The third-order valence-electron chi connectivity index (χ3n) is 2.51. The van der Waals surface area contributed by atoms with Crippen LogP contribution in [-0.2, 0) is 9.53 Å². The van der Waals surface area contributed by atoms with E-state index in [1.54, 1.807) is 0 Å². The lowest BCUT2D eigenvalue weighted by molar-refractivity contribution is -0.174. The Kier molecular flexibility index (Phi) is 4.66. The molecule has 0 fully saturated rings. The topological polar surface area (TPSA) is 81.8 Å². The Balaban J connectivity index is 3.05. The molecule has 0 saturated carbocycles. The Hall–Kier alpha value is -1.89. The Bertz CT molecular complexity index is 465. The molecule has 0 aliphatic carbocycles. The molecule has 0 amide bonds. The van der Waals surface area contributed by atoms with Crippen LogP contribution in [0.25, 0.3) is 0 Å². The van der Waals surface area contributed by atoms with Crippen LogP contribution in [0, 0.1) is 0 Å². The molecule has 0 aliphatic rings. The summed E-state index contributed by atoms with van der Waals surface area (Å²) in [6.45, 7) is 1.22. The molecule has 1 rings (SSSR count). The van der Waals surface area contributed by atoms with Crippen LogP contribution < -0.4 is 10.5 Å². The van der Waals surface area contributed by atoms with Crippen molar-refractivity contribution in [3.63, 3.8) is 0 Å². The minimum atomic E-state index is -3.93. The van der Waals surface area contributed by atoms with Gasteiger partial charge in [0.15, 0.2) is 0 Å². The second-order valence-corrected chi connectivity index (χ2v) is 3.75. The molecule has 0 aliphatic heterocycles. The summed E-state index contributed by atoms with van der Waals surface area (Å²) in [5, 5.41) is 9.62. The number of phenols is 1. The number of rotatable bonds is 5. The van der Waals surface area contributed by atoms with Crippen molar-refractivity contribution in [3.8, 4) is 11.5 Å². The number of carbonyl (C=O) groups excluding carboxylic acids is 1. The number of phenolic OH excluding ortho intramolecular Hbond substituents is 1. The van der Waals surface area contributed by atoms with Crippen LogP contribution in [0.3, 0.4) is 0 Å². The maximum atomic E-state index is 13.7. The number of ether oxygens (including phenoxy) is 2. The predicted octanol–water partition coefficient (Wildman–Crippen LogP) is 1.60. The van der Waals surface area contributed by atoms with Crippen LogP contribution in [0.1, 0.15) is 18.5 Å². The smallest absolute Gasteiger partial charge is 0.379 e. The van der Waals surface area contributed by atoms with E-state index in [2.05, 4.69) is 4.74 Å². The first-order valence-corrected chi connectivity index (χ1v) is 5.52. The van der Waals surface area contributed by atoms with Gasteiger partial charge in [0.05, 0.1) is 13.7 Å². The van der Waals surface area contributed by atoms with Crippen LogP contribution in [0.5, 0.6) is 11.5 Å². The van der Waals surface area contributed by atoms with Crippen LogP contribution >= 0.6 is 0 Å². The highest BCUT2D eigenvalue weighted by Crippen LogP contribution is 2.36. The highest BCUT2D eigenvalue weighted by Gasteiger charge is 2.48. The van der Waals surface area contributed by atoms with Gasteiger partial charge in [-0.15, -0.1) is 0 Å². The van der Waals surface area contributed by atoms with Gasteiger partial charge in [0.25, 0.3) is 0 Å². The molecule has 1 atom stereocenters. The average Bonchev–Trinajstić information content (AvgIpc) is 2.37. The van der Waals surface area contributed by atoms with Crippen molar-refractivity contribution >= 4 is 5.97 Å². The van der Waals surface area contributed by atoms with E-state index in [1.165, 1.54) is 26.2 Å². The Labute approximate surface area is 108 Å². The van der Waals surface area contributed by atoms with Crippen LogP contribution in [-0.4, -0.2) is 30.7 Å². The summed E-state index contributed by atoms with van der Waals surface area (Å²) in [5.41, 5.74) is 5.08. The second kappa shape index (κ2) is 5.83. The summed E-state index contributed by atoms with van der Waals surface area (Å²) in [6, 6.07) is 1.66. The Morgan fingerprint density at radius 3 is 2.63 bits per heavy atom. The highest BCUT2D eigenvalue weighted by atomic mass is 19.3. The number of nitrogens with two attached hydrogens (primary N) is 1. The summed E-state index contributed by atoms with van der Waals surface area (Å²) < 4.78 is 36.5. The van der Waals surface area contributed by atoms with Crippen molar-refractivity contribution < 1.29 is 28.2 Å². The molecule has 3 N–H and O–H groups in total. The lowest BCUT2D eigenvalue weighted by Gasteiger charge is -2.22. The average molecular weight is 275 g/mol. The first kappa shape index (κ1) is 15.2. The molecule has 1 aromatic carbocycles. The number of carbonyl (C=O) groups is 1. The normalized spacial score (nSPS) is 12.9. The van der Waals surface area contributed by atoms with Gasteiger partial charge in [-0.05, 0) is 19.1 Å². The zero-order chi connectivity index (χ0) is 14.6. The fraction of sp³-hybridized carbons (Fsp3) is 0.417. The van der Waals surface area contributed by atoms with Gasteiger partial charge in [-0.25, -0.2) is 4.79 Å². The quantitative estimate of drug-likeness (QED) is 0.798. The minimum absolute atomic E-state index is 0.185. The van der Waals surface area contributed by atoms with Crippen molar-refractivity contribution in [2.45, 2.75) is 18.9 Å². The molecule has 7 heteroatoms. The van der Waals surface area contributed by atoms with Crippen molar-refractivity contribution in [1.29, 1.82) is 0 Å². The number of aromatic hydroxyl groups is 1. The summed E-state index contributed by atoms with van der Waals surface area (Å²) in [4.78, 5) is 11.2. The SMILES string of the molecule is CCOC(=O)C(F)(F)[C@H](N)c1ccc(OC)cc1O. The lowest BCUT2D eigenvalue weighted by atomic mass is 10.0. The third-order valence-corrected chi connectivity index (χ3v) is 2.51. The molecule has 19 heavy (non-hydrogen) atoms.